The van der Waals surface area contributed by atoms with Crippen molar-refractivity contribution >= 4 is 11.9 Å². The lowest BCUT2D eigenvalue weighted by atomic mass is 10.3. The van der Waals surface area contributed by atoms with Crippen LogP contribution in [0.4, 0.5) is 0 Å². The maximum Gasteiger partial charge on any atom is 0.352 e. The Kier molecular flexibility index (Phi) is 4.74. The number of primary amides is 1. The summed E-state index contributed by atoms with van der Waals surface area (Å²) in [7, 11) is 3.52. The van der Waals surface area contributed by atoms with E-state index in [0.29, 0.717) is 11.4 Å². The summed E-state index contributed by atoms with van der Waals surface area (Å²) in [4.78, 5) is 21.1. The molecule has 2 aromatic heterocycles. The van der Waals surface area contributed by atoms with Gasteiger partial charge in [0.25, 0.3) is 5.91 Å². The van der Waals surface area contributed by atoms with Gasteiger partial charge in [0.1, 0.15) is 11.4 Å². The molecule has 3 N–H and O–H groups in total. The van der Waals surface area contributed by atoms with Gasteiger partial charge in [-0.15, -0.1) is 0 Å². The van der Waals surface area contributed by atoms with Crippen LogP contribution >= 0.6 is 0 Å². The van der Waals surface area contributed by atoms with Gasteiger partial charge in [-0.3, -0.25) is 4.79 Å². The van der Waals surface area contributed by atoms with Crippen LogP contribution in [0.3, 0.4) is 0 Å². The Labute approximate surface area is 117 Å². The first-order chi connectivity index (χ1) is 9.22. The van der Waals surface area contributed by atoms with Crippen LogP contribution in [0.15, 0.2) is 24.5 Å². The zero-order chi connectivity index (χ0) is 15.4. The van der Waals surface area contributed by atoms with E-state index in [1.54, 1.807) is 41.6 Å². The van der Waals surface area contributed by atoms with E-state index in [1.807, 2.05) is 20.0 Å². The van der Waals surface area contributed by atoms with Crippen molar-refractivity contribution in [3.8, 4) is 0 Å². The molecule has 0 saturated carbocycles. The molecule has 0 aromatic carbocycles. The molecular weight excluding hydrogens is 258 g/mol. The number of carbonyl (C=O) groups is 2. The minimum Gasteiger partial charge on any atom is -0.477 e. The van der Waals surface area contributed by atoms with Gasteiger partial charge in [0.15, 0.2) is 0 Å². The average molecular weight is 277 g/mol. The number of hydrogen-bond acceptors (Lipinski definition) is 2. The SMILES string of the molecule is Cc1cc(C(=O)O)n(C)c1.Cc1cc(C(N)=O)n(C)c1. The third-order valence-electron chi connectivity index (χ3n) is 2.75. The first-order valence-electron chi connectivity index (χ1n) is 6.01. The van der Waals surface area contributed by atoms with E-state index < -0.39 is 5.97 Å². The minimum absolute atomic E-state index is 0.331. The smallest absolute Gasteiger partial charge is 0.352 e. The molecule has 0 aliphatic rings. The molecule has 0 aliphatic carbocycles. The van der Waals surface area contributed by atoms with Crippen LogP contribution in [-0.4, -0.2) is 26.1 Å². The molecule has 6 heteroatoms. The van der Waals surface area contributed by atoms with Crippen molar-refractivity contribution in [1.82, 2.24) is 9.13 Å². The second-order valence-electron chi connectivity index (χ2n) is 4.70. The summed E-state index contributed by atoms with van der Waals surface area (Å²) in [6.07, 6.45) is 3.64. The highest BCUT2D eigenvalue weighted by atomic mass is 16.4. The predicted octanol–water partition coefficient (Wildman–Crippen LogP) is 1.46. The zero-order valence-corrected chi connectivity index (χ0v) is 12.0. The fourth-order valence-electron chi connectivity index (χ4n) is 1.92. The van der Waals surface area contributed by atoms with Gasteiger partial charge >= 0.3 is 5.97 Å². The highest BCUT2D eigenvalue weighted by Gasteiger charge is 2.06. The van der Waals surface area contributed by atoms with Crippen LogP contribution in [0.1, 0.15) is 32.1 Å². The highest BCUT2D eigenvalue weighted by molar-refractivity contribution is 5.91. The Hall–Kier alpha value is -2.50. The van der Waals surface area contributed by atoms with E-state index in [0.717, 1.165) is 11.1 Å². The number of aryl methyl sites for hydroxylation is 4. The van der Waals surface area contributed by atoms with Crippen LogP contribution < -0.4 is 5.73 Å². The molecular formula is C14H19N3O3. The summed E-state index contributed by atoms with van der Waals surface area (Å²) in [6, 6.07) is 3.41. The summed E-state index contributed by atoms with van der Waals surface area (Å²) < 4.78 is 3.31. The Morgan fingerprint density at radius 2 is 1.40 bits per heavy atom. The summed E-state index contributed by atoms with van der Waals surface area (Å²) in [5.74, 6) is -1.26. The van der Waals surface area contributed by atoms with Crippen molar-refractivity contribution < 1.29 is 14.7 Å². The molecule has 0 bridgehead atoms. The van der Waals surface area contributed by atoms with E-state index in [4.69, 9.17) is 10.8 Å². The molecule has 2 aromatic rings. The van der Waals surface area contributed by atoms with Crippen molar-refractivity contribution in [3.05, 3.63) is 47.0 Å². The van der Waals surface area contributed by atoms with E-state index in [9.17, 15) is 9.59 Å². The van der Waals surface area contributed by atoms with Crippen molar-refractivity contribution in [3.63, 3.8) is 0 Å². The third-order valence-corrected chi connectivity index (χ3v) is 2.75. The molecule has 20 heavy (non-hydrogen) atoms. The van der Waals surface area contributed by atoms with E-state index in [-0.39, 0.29) is 5.91 Å². The zero-order valence-electron chi connectivity index (χ0n) is 12.0. The minimum atomic E-state index is -0.879. The van der Waals surface area contributed by atoms with Crippen LogP contribution in [-0.2, 0) is 14.1 Å². The molecule has 6 nitrogen and oxygen atoms in total. The van der Waals surface area contributed by atoms with Gasteiger partial charge < -0.3 is 20.0 Å². The van der Waals surface area contributed by atoms with Gasteiger partial charge in [-0.05, 0) is 37.1 Å². The van der Waals surface area contributed by atoms with Gasteiger partial charge in [-0.25, -0.2) is 4.79 Å². The number of aromatic nitrogens is 2. The lowest BCUT2D eigenvalue weighted by Gasteiger charge is -1.94. The lowest BCUT2D eigenvalue weighted by molar-refractivity contribution is 0.0686. The molecule has 0 saturated heterocycles. The maximum atomic E-state index is 10.6. The number of rotatable bonds is 2. The van der Waals surface area contributed by atoms with Crippen molar-refractivity contribution in [2.24, 2.45) is 19.8 Å². The fraction of sp³-hybridized carbons (Fsp3) is 0.286. The first kappa shape index (κ1) is 15.6. The number of amides is 1. The Morgan fingerprint density at radius 1 is 1.00 bits per heavy atom. The van der Waals surface area contributed by atoms with Gasteiger partial charge in [0, 0.05) is 26.5 Å². The van der Waals surface area contributed by atoms with Crippen LogP contribution in [0.25, 0.3) is 0 Å². The molecule has 1 amide bonds. The number of nitrogens with zero attached hydrogens (tertiary/aromatic N) is 2. The summed E-state index contributed by atoms with van der Waals surface area (Å²) in [5.41, 5.74) is 7.98. The normalized spacial score (nSPS) is 9.80. The Balaban J connectivity index is 0.000000200. The molecule has 2 rings (SSSR count). The topological polar surface area (TPSA) is 90.2 Å². The predicted molar refractivity (Wildman–Crippen MR) is 75.8 cm³/mol. The number of hydrogen-bond donors (Lipinski definition) is 2. The molecule has 0 fully saturated rings. The van der Waals surface area contributed by atoms with Gasteiger partial charge in [-0.1, -0.05) is 0 Å². The largest absolute Gasteiger partial charge is 0.477 e. The molecule has 0 aliphatic heterocycles. The molecule has 2 heterocycles. The number of nitrogens with two attached hydrogens (primary N) is 1. The molecule has 0 unspecified atom stereocenters. The van der Waals surface area contributed by atoms with Crippen molar-refractivity contribution in [1.29, 1.82) is 0 Å². The molecule has 0 radical (unpaired) electrons. The van der Waals surface area contributed by atoms with Gasteiger partial charge in [0.05, 0.1) is 0 Å². The van der Waals surface area contributed by atoms with E-state index in [2.05, 4.69) is 0 Å². The maximum absolute atomic E-state index is 10.6. The van der Waals surface area contributed by atoms with Crippen LogP contribution in [0, 0.1) is 13.8 Å². The van der Waals surface area contributed by atoms with Crippen LogP contribution in [0.5, 0.6) is 0 Å². The van der Waals surface area contributed by atoms with Crippen LogP contribution in [0.2, 0.25) is 0 Å². The van der Waals surface area contributed by atoms with Crippen molar-refractivity contribution in [2.75, 3.05) is 0 Å². The third kappa shape index (κ3) is 3.74. The quantitative estimate of drug-likeness (QED) is 0.870. The van der Waals surface area contributed by atoms with Crippen molar-refractivity contribution in [2.45, 2.75) is 13.8 Å². The molecule has 0 spiro atoms. The number of carboxylic acid groups (broad SMARTS) is 1. The van der Waals surface area contributed by atoms with Gasteiger partial charge in [0.2, 0.25) is 0 Å². The van der Waals surface area contributed by atoms with E-state index in [1.165, 1.54) is 0 Å². The molecule has 108 valence electrons. The standard InChI is InChI=1S/C7H10N2O.C7H9NO2/c1-5-3-6(7(8)10)9(2)4-5;1-5-3-6(7(9)10)8(2)4-5/h3-4H,1-2H3,(H2,8,10);3-4H,1-2H3,(H,9,10). The lowest BCUT2D eigenvalue weighted by Crippen LogP contribution is -2.14. The summed E-state index contributed by atoms with van der Waals surface area (Å²) in [5, 5.41) is 8.56. The number of aromatic carboxylic acids is 1. The monoisotopic (exact) mass is 277 g/mol. The fourth-order valence-corrected chi connectivity index (χ4v) is 1.92. The Morgan fingerprint density at radius 3 is 1.55 bits per heavy atom. The average Bonchev–Trinajstić information content (AvgIpc) is 2.82. The van der Waals surface area contributed by atoms with Gasteiger partial charge in [-0.2, -0.15) is 0 Å². The molecule has 0 atom stereocenters. The number of carboxylic acids is 1. The summed E-state index contributed by atoms with van der Waals surface area (Å²) in [6.45, 7) is 3.79. The second-order valence-corrected chi connectivity index (χ2v) is 4.70. The summed E-state index contributed by atoms with van der Waals surface area (Å²) >= 11 is 0. The van der Waals surface area contributed by atoms with E-state index >= 15 is 0 Å². The highest BCUT2D eigenvalue weighted by Crippen LogP contribution is 2.05. The number of carbonyl (C=O) groups excluding carboxylic acids is 1. The first-order valence-corrected chi connectivity index (χ1v) is 6.01. The Bertz CT molecular complexity index is 582. The second kappa shape index (κ2) is 6.10.